The standard InChI is InChI=1S/C24H29N3O2/c28-23(18-27-15-7-12-22(27)19-8-3-1-4-9-19)26-16-13-20(14-17-26)24(29)25-21-10-5-2-6-11-21/h1-6,8-11,20,22H,7,12-18H2,(H,25,29). The lowest BCUT2D eigenvalue weighted by atomic mass is 9.95. The highest BCUT2D eigenvalue weighted by Gasteiger charge is 2.31. The molecule has 0 aromatic heterocycles. The van der Waals surface area contributed by atoms with Crippen molar-refractivity contribution in [3.8, 4) is 0 Å². The Morgan fingerprint density at radius 1 is 0.862 bits per heavy atom. The van der Waals surface area contributed by atoms with Crippen molar-refractivity contribution >= 4 is 17.5 Å². The van der Waals surface area contributed by atoms with Crippen LogP contribution in [0.2, 0.25) is 0 Å². The quantitative estimate of drug-likeness (QED) is 0.846. The number of hydrogen-bond acceptors (Lipinski definition) is 3. The summed E-state index contributed by atoms with van der Waals surface area (Å²) < 4.78 is 0. The average Bonchev–Trinajstić information content (AvgIpc) is 3.23. The molecule has 0 radical (unpaired) electrons. The summed E-state index contributed by atoms with van der Waals surface area (Å²) in [7, 11) is 0. The molecule has 2 aromatic rings. The van der Waals surface area contributed by atoms with Crippen molar-refractivity contribution in [3.63, 3.8) is 0 Å². The minimum absolute atomic E-state index is 0.0249. The molecule has 2 amide bonds. The number of hydrogen-bond donors (Lipinski definition) is 1. The van der Waals surface area contributed by atoms with Gasteiger partial charge in [0.25, 0.3) is 0 Å². The topological polar surface area (TPSA) is 52.7 Å². The van der Waals surface area contributed by atoms with Crippen LogP contribution in [0.3, 0.4) is 0 Å². The molecule has 4 rings (SSSR count). The Hall–Kier alpha value is -2.66. The molecule has 1 atom stereocenters. The highest BCUT2D eigenvalue weighted by atomic mass is 16.2. The van der Waals surface area contributed by atoms with Crippen LogP contribution in [0.25, 0.3) is 0 Å². The molecule has 2 fully saturated rings. The number of carbonyl (C=O) groups excluding carboxylic acids is 2. The Balaban J connectivity index is 1.27. The van der Waals surface area contributed by atoms with Crippen molar-refractivity contribution in [2.45, 2.75) is 31.7 Å². The molecule has 5 heteroatoms. The Bertz CT molecular complexity index is 817. The monoisotopic (exact) mass is 391 g/mol. The Kier molecular flexibility index (Phi) is 6.25. The SMILES string of the molecule is O=C(Nc1ccccc1)C1CCN(C(=O)CN2CCCC2c2ccccc2)CC1. The lowest BCUT2D eigenvalue weighted by molar-refractivity contribution is -0.135. The average molecular weight is 392 g/mol. The number of rotatable bonds is 5. The van der Waals surface area contributed by atoms with Crippen LogP contribution in [-0.4, -0.2) is 47.8 Å². The van der Waals surface area contributed by atoms with Crippen molar-refractivity contribution < 1.29 is 9.59 Å². The highest BCUT2D eigenvalue weighted by molar-refractivity contribution is 5.92. The van der Waals surface area contributed by atoms with Gasteiger partial charge in [-0.05, 0) is 49.9 Å². The van der Waals surface area contributed by atoms with Crippen molar-refractivity contribution in [2.75, 3.05) is 31.5 Å². The molecule has 0 bridgehead atoms. The largest absolute Gasteiger partial charge is 0.342 e. The van der Waals surface area contributed by atoms with Gasteiger partial charge in [-0.25, -0.2) is 0 Å². The van der Waals surface area contributed by atoms with Gasteiger partial charge in [0.1, 0.15) is 0 Å². The molecule has 5 nitrogen and oxygen atoms in total. The number of amides is 2. The van der Waals surface area contributed by atoms with Crippen LogP contribution < -0.4 is 5.32 Å². The summed E-state index contributed by atoms with van der Waals surface area (Å²) in [5.74, 6) is 0.227. The number of nitrogens with one attached hydrogen (secondary N) is 1. The molecule has 1 N–H and O–H groups in total. The number of para-hydroxylation sites is 1. The van der Waals surface area contributed by atoms with E-state index in [1.54, 1.807) is 0 Å². The van der Waals surface area contributed by atoms with Gasteiger partial charge >= 0.3 is 0 Å². The fourth-order valence-corrected chi connectivity index (χ4v) is 4.50. The maximum absolute atomic E-state index is 12.9. The van der Waals surface area contributed by atoms with Crippen LogP contribution in [0.4, 0.5) is 5.69 Å². The molecule has 0 saturated carbocycles. The van der Waals surface area contributed by atoms with Crippen molar-refractivity contribution in [3.05, 3.63) is 66.2 Å². The van der Waals surface area contributed by atoms with Gasteiger partial charge in [-0.15, -0.1) is 0 Å². The van der Waals surface area contributed by atoms with E-state index in [2.05, 4.69) is 34.5 Å². The summed E-state index contributed by atoms with van der Waals surface area (Å²) in [5.41, 5.74) is 2.13. The van der Waals surface area contributed by atoms with Crippen LogP contribution in [-0.2, 0) is 9.59 Å². The molecule has 0 aliphatic carbocycles. The molecule has 29 heavy (non-hydrogen) atoms. The van der Waals surface area contributed by atoms with Gasteiger partial charge in [-0.2, -0.15) is 0 Å². The van der Waals surface area contributed by atoms with E-state index in [0.29, 0.717) is 25.7 Å². The first-order valence-corrected chi connectivity index (χ1v) is 10.6. The zero-order valence-electron chi connectivity index (χ0n) is 16.8. The summed E-state index contributed by atoms with van der Waals surface area (Å²) in [6.07, 6.45) is 3.70. The highest BCUT2D eigenvalue weighted by Crippen LogP contribution is 2.31. The van der Waals surface area contributed by atoms with E-state index in [0.717, 1.165) is 37.9 Å². The van der Waals surface area contributed by atoms with Crippen LogP contribution in [0.1, 0.15) is 37.3 Å². The number of carbonyl (C=O) groups is 2. The van der Waals surface area contributed by atoms with E-state index < -0.39 is 0 Å². The van der Waals surface area contributed by atoms with Crippen LogP contribution in [0.15, 0.2) is 60.7 Å². The molecule has 152 valence electrons. The lowest BCUT2D eigenvalue weighted by Crippen LogP contribution is -2.45. The number of anilines is 1. The van der Waals surface area contributed by atoms with Gasteiger partial charge in [0, 0.05) is 30.7 Å². The summed E-state index contributed by atoms with van der Waals surface area (Å²) >= 11 is 0. The van der Waals surface area contributed by atoms with Gasteiger partial charge in [0.15, 0.2) is 0 Å². The summed E-state index contributed by atoms with van der Waals surface area (Å²) in [6.45, 7) is 2.77. The zero-order chi connectivity index (χ0) is 20.1. The number of nitrogens with zero attached hydrogens (tertiary/aromatic N) is 2. The fraction of sp³-hybridized carbons (Fsp3) is 0.417. The van der Waals surface area contributed by atoms with Crippen molar-refractivity contribution in [2.24, 2.45) is 5.92 Å². The van der Waals surface area contributed by atoms with E-state index in [9.17, 15) is 9.59 Å². The van der Waals surface area contributed by atoms with Crippen molar-refractivity contribution in [1.82, 2.24) is 9.80 Å². The van der Waals surface area contributed by atoms with E-state index in [4.69, 9.17) is 0 Å². The smallest absolute Gasteiger partial charge is 0.236 e. The molecule has 2 aliphatic heterocycles. The third-order valence-electron chi connectivity index (χ3n) is 6.15. The van der Waals surface area contributed by atoms with Gasteiger partial charge in [0.2, 0.25) is 11.8 Å². The number of piperidine rings is 1. The summed E-state index contributed by atoms with van der Waals surface area (Å²) in [6, 6.07) is 20.4. The Labute approximate surface area is 172 Å². The van der Waals surface area contributed by atoms with Gasteiger partial charge in [0.05, 0.1) is 6.54 Å². The summed E-state index contributed by atoms with van der Waals surface area (Å²) in [4.78, 5) is 29.6. The first-order chi connectivity index (χ1) is 14.2. The first-order valence-electron chi connectivity index (χ1n) is 10.6. The molecular weight excluding hydrogens is 362 g/mol. The zero-order valence-corrected chi connectivity index (χ0v) is 16.8. The maximum atomic E-state index is 12.9. The molecule has 2 saturated heterocycles. The Morgan fingerprint density at radius 2 is 1.52 bits per heavy atom. The molecule has 2 aliphatic rings. The minimum atomic E-state index is -0.0249. The molecule has 2 heterocycles. The van der Waals surface area contributed by atoms with Gasteiger partial charge < -0.3 is 10.2 Å². The molecular formula is C24H29N3O2. The van der Waals surface area contributed by atoms with E-state index >= 15 is 0 Å². The van der Waals surface area contributed by atoms with Crippen LogP contribution >= 0.6 is 0 Å². The van der Waals surface area contributed by atoms with E-state index in [1.165, 1.54) is 5.56 Å². The minimum Gasteiger partial charge on any atom is -0.342 e. The van der Waals surface area contributed by atoms with Gasteiger partial charge in [-0.1, -0.05) is 48.5 Å². The molecule has 1 unspecified atom stereocenters. The number of benzene rings is 2. The lowest BCUT2D eigenvalue weighted by Gasteiger charge is -2.33. The number of likely N-dealkylation sites (tertiary alicyclic amines) is 2. The van der Waals surface area contributed by atoms with Crippen molar-refractivity contribution in [1.29, 1.82) is 0 Å². The predicted octanol–water partition coefficient (Wildman–Crippen LogP) is 3.70. The third kappa shape index (κ3) is 4.85. The second kappa shape index (κ2) is 9.23. The van der Waals surface area contributed by atoms with Crippen LogP contribution in [0, 0.1) is 5.92 Å². The third-order valence-corrected chi connectivity index (χ3v) is 6.15. The predicted molar refractivity (Wildman–Crippen MR) is 114 cm³/mol. The maximum Gasteiger partial charge on any atom is 0.236 e. The second-order valence-electron chi connectivity index (χ2n) is 8.05. The van der Waals surface area contributed by atoms with Crippen LogP contribution in [0.5, 0.6) is 0 Å². The van der Waals surface area contributed by atoms with E-state index in [-0.39, 0.29) is 17.7 Å². The molecule has 0 spiro atoms. The first kappa shape index (κ1) is 19.6. The normalized spacial score (nSPS) is 20.6. The van der Waals surface area contributed by atoms with Gasteiger partial charge in [-0.3, -0.25) is 14.5 Å². The fourth-order valence-electron chi connectivity index (χ4n) is 4.50. The Morgan fingerprint density at radius 3 is 2.21 bits per heavy atom. The molecule has 2 aromatic carbocycles. The van der Waals surface area contributed by atoms with E-state index in [1.807, 2.05) is 41.3 Å². The summed E-state index contributed by atoms with van der Waals surface area (Å²) in [5, 5.41) is 2.99. The second-order valence-corrected chi connectivity index (χ2v) is 8.05.